The molecule has 5 nitrogen and oxygen atoms in total. The van der Waals surface area contributed by atoms with Crippen molar-refractivity contribution in [3.8, 4) is 5.75 Å². The standard InChI is InChI=1S/C14H20N4O/c1-9(2)19-12-5-11(6-16-7-12)14(15)13-8-18(4)17-10(13)3/h5-9,14H,15H2,1-4H3. The first-order chi connectivity index (χ1) is 8.97. The van der Waals surface area contributed by atoms with Gasteiger partial charge in [-0.1, -0.05) is 0 Å². The molecule has 2 rings (SSSR count). The smallest absolute Gasteiger partial charge is 0.138 e. The summed E-state index contributed by atoms with van der Waals surface area (Å²) in [6, 6.07) is 1.70. The van der Waals surface area contributed by atoms with E-state index in [4.69, 9.17) is 10.5 Å². The molecule has 0 saturated heterocycles. The van der Waals surface area contributed by atoms with E-state index in [1.165, 1.54) is 0 Å². The van der Waals surface area contributed by atoms with Crippen LogP contribution in [0.2, 0.25) is 0 Å². The molecular formula is C14H20N4O. The Kier molecular flexibility index (Phi) is 3.85. The molecule has 19 heavy (non-hydrogen) atoms. The van der Waals surface area contributed by atoms with E-state index in [1.807, 2.05) is 40.1 Å². The zero-order valence-electron chi connectivity index (χ0n) is 11.8. The predicted molar refractivity (Wildman–Crippen MR) is 74.0 cm³/mol. The summed E-state index contributed by atoms with van der Waals surface area (Å²) in [6.45, 7) is 5.92. The second kappa shape index (κ2) is 5.40. The highest BCUT2D eigenvalue weighted by Gasteiger charge is 2.15. The van der Waals surface area contributed by atoms with Gasteiger partial charge in [-0.05, 0) is 32.4 Å². The lowest BCUT2D eigenvalue weighted by Crippen LogP contribution is -2.13. The van der Waals surface area contributed by atoms with Crippen molar-refractivity contribution in [2.45, 2.75) is 32.9 Å². The summed E-state index contributed by atoms with van der Waals surface area (Å²) in [5.41, 5.74) is 9.15. The lowest BCUT2D eigenvalue weighted by atomic mass is 10.0. The van der Waals surface area contributed by atoms with Gasteiger partial charge in [0.15, 0.2) is 0 Å². The molecule has 0 fully saturated rings. The first-order valence-corrected chi connectivity index (χ1v) is 6.34. The number of aryl methyl sites for hydroxylation is 2. The third kappa shape index (κ3) is 3.12. The Bertz CT molecular complexity index is 562. The van der Waals surface area contributed by atoms with Crippen molar-refractivity contribution in [2.75, 3.05) is 0 Å². The molecule has 2 aromatic rings. The zero-order chi connectivity index (χ0) is 14.0. The molecule has 0 aromatic carbocycles. The lowest BCUT2D eigenvalue weighted by molar-refractivity contribution is 0.241. The van der Waals surface area contributed by atoms with Crippen LogP contribution in [0.5, 0.6) is 5.75 Å². The molecule has 1 atom stereocenters. The van der Waals surface area contributed by atoms with Crippen LogP contribution in [0.15, 0.2) is 24.7 Å². The number of pyridine rings is 1. The molecule has 0 saturated carbocycles. The maximum Gasteiger partial charge on any atom is 0.138 e. The summed E-state index contributed by atoms with van der Waals surface area (Å²) in [7, 11) is 1.89. The summed E-state index contributed by atoms with van der Waals surface area (Å²) in [5.74, 6) is 0.740. The summed E-state index contributed by atoms with van der Waals surface area (Å²) < 4.78 is 7.41. The van der Waals surface area contributed by atoms with Gasteiger partial charge in [0.2, 0.25) is 0 Å². The largest absolute Gasteiger partial charge is 0.489 e. The van der Waals surface area contributed by atoms with Gasteiger partial charge >= 0.3 is 0 Å². The third-order valence-electron chi connectivity index (χ3n) is 2.85. The molecule has 0 bridgehead atoms. The van der Waals surface area contributed by atoms with E-state index in [2.05, 4.69) is 10.1 Å². The van der Waals surface area contributed by atoms with Crippen molar-refractivity contribution in [3.63, 3.8) is 0 Å². The van der Waals surface area contributed by atoms with Crippen LogP contribution >= 0.6 is 0 Å². The molecule has 2 heterocycles. The SMILES string of the molecule is Cc1nn(C)cc1C(N)c1cncc(OC(C)C)c1. The van der Waals surface area contributed by atoms with E-state index >= 15 is 0 Å². The maximum atomic E-state index is 6.28. The molecule has 1 unspecified atom stereocenters. The molecule has 0 aliphatic heterocycles. The fourth-order valence-electron chi connectivity index (χ4n) is 2.05. The molecule has 0 aliphatic carbocycles. The molecule has 0 amide bonds. The molecule has 5 heteroatoms. The monoisotopic (exact) mass is 260 g/mol. The highest BCUT2D eigenvalue weighted by Crippen LogP contribution is 2.24. The second-order valence-electron chi connectivity index (χ2n) is 4.94. The molecule has 0 aliphatic rings. The Balaban J connectivity index is 2.28. The Hall–Kier alpha value is -1.88. The minimum atomic E-state index is -0.239. The average molecular weight is 260 g/mol. The molecule has 102 valence electrons. The second-order valence-corrected chi connectivity index (χ2v) is 4.94. The maximum absolute atomic E-state index is 6.28. The molecule has 0 spiro atoms. The normalized spacial score (nSPS) is 12.7. The third-order valence-corrected chi connectivity index (χ3v) is 2.85. The fraction of sp³-hybridized carbons (Fsp3) is 0.429. The molecule has 0 radical (unpaired) electrons. The van der Waals surface area contributed by atoms with Crippen LogP contribution in [0.25, 0.3) is 0 Å². The van der Waals surface area contributed by atoms with Crippen molar-refractivity contribution < 1.29 is 4.74 Å². The predicted octanol–water partition coefficient (Wildman–Crippen LogP) is 1.96. The van der Waals surface area contributed by atoms with E-state index in [0.717, 1.165) is 22.6 Å². The van der Waals surface area contributed by atoms with Crippen LogP contribution in [-0.2, 0) is 7.05 Å². The van der Waals surface area contributed by atoms with Crippen molar-refractivity contribution in [1.82, 2.24) is 14.8 Å². The van der Waals surface area contributed by atoms with Gasteiger partial charge < -0.3 is 10.5 Å². The number of nitrogens with two attached hydrogens (primary N) is 1. The van der Waals surface area contributed by atoms with Crippen LogP contribution in [0.3, 0.4) is 0 Å². The number of nitrogens with zero attached hydrogens (tertiary/aromatic N) is 3. The quantitative estimate of drug-likeness (QED) is 0.912. The van der Waals surface area contributed by atoms with E-state index in [1.54, 1.807) is 17.1 Å². The molecular weight excluding hydrogens is 240 g/mol. The first-order valence-electron chi connectivity index (χ1n) is 6.34. The van der Waals surface area contributed by atoms with Crippen molar-refractivity contribution >= 4 is 0 Å². The van der Waals surface area contributed by atoms with Crippen LogP contribution in [-0.4, -0.2) is 20.9 Å². The number of aromatic nitrogens is 3. The zero-order valence-corrected chi connectivity index (χ0v) is 11.8. The van der Waals surface area contributed by atoms with Crippen LogP contribution in [0.1, 0.15) is 36.7 Å². The highest BCUT2D eigenvalue weighted by atomic mass is 16.5. The van der Waals surface area contributed by atoms with E-state index in [-0.39, 0.29) is 12.1 Å². The average Bonchev–Trinajstić information content (AvgIpc) is 2.67. The van der Waals surface area contributed by atoms with Gasteiger partial charge in [-0.15, -0.1) is 0 Å². The topological polar surface area (TPSA) is 66.0 Å². The van der Waals surface area contributed by atoms with Gasteiger partial charge in [0.25, 0.3) is 0 Å². The molecule has 2 N–H and O–H groups in total. The summed E-state index contributed by atoms with van der Waals surface area (Å²) in [5, 5.41) is 4.31. The Morgan fingerprint density at radius 1 is 1.32 bits per heavy atom. The summed E-state index contributed by atoms with van der Waals surface area (Å²) in [4.78, 5) is 4.19. The highest BCUT2D eigenvalue weighted by molar-refractivity contribution is 5.34. The van der Waals surface area contributed by atoms with Gasteiger partial charge in [-0.25, -0.2) is 0 Å². The van der Waals surface area contributed by atoms with Crippen LogP contribution < -0.4 is 10.5 Å². The Labute approximate surface area is 113 Å². The fourth-order valence-corrected chi connectivity index (χ4v) is 2.05. The van der Waals surface area contributed by atoms with Crippen LogP contribution in [0, 0.1) is 6.92 Å². The first kappa shape index (κ1) is 13.5. The van der Waals surface area contributed by atoms with Gasteiger partial charge in [-0.2, -0.15) is 5.10 Å². The minimum Gasteiger partial charge on any atom is -0.489 e. The van der Waals surface area contributed by atoms with Crippen molar-refractivity contribution in [2.24, 2.45) is 12.8 Å². The number of ether oxygens (including phenoxy) is 1. The minimum absolute atomic E-state index is 0.119. The van der Waals surface area contributed by atoms with Gasteiger partial charge in [0.05, 0.1) is 24.0 Å². The van der Waals surface area contributed by atoms with Gasteiger partial charge in [-0.3, -0.25) is 9.67 Å². The van der Waals surface area contributed by atoms with Gasteiger partial charge in [0, 0.05) is 25.0 Å². The molecule has 2 aromatic heterocycles. The Morgan fingerprint density at radius 3 is 2.63 bits per heavy atom. The lowest BCUT2D eigenvalue weighted by Gasteiger charge is -2.14. The van der Waals surface area contributed by atoms with E-state index < -0.39 is 0 Å². The number of rotatable bonds is 4. The van der Waals surface area contributed by atoms with Crippen molar-refractivity contribution in [1.29, 1.82) is 0 Å². The van der Waals surface area contributed by atoms with E-state index in [0.29, 0.717) is 0 Å². The number of hydrogen-bond acceptors (Lipinski definition) is 4. The summed E-state index contributed by atoms with van der Waals surface area (Å²) in [6.07, 6.45) is 5.53. The van der Waals surface area contributed by atoms with E-state index in [9.17, 15) is 0 Å². The van der Waals surface area contributed by atoms with Gasteiger partial charge in [0.1, 0.15) is 5.75 Å². The Morgan fingerprint density at radius 2 is 2.05 bits per heavy atom. The summed E-state index contributed by atoms with van der Waals surface area (Å²) >= 11 is 0. The number of hydrogen-bond donors (Lipinski definition) is 1. The van der Waals surface area contributed by atoms with Crippen molar-refractivity contribution in [3.05, 3.63) is 41.5 Å². The van der Waals surface area contributed by atoms with Crippen LogP contribution in [0.4, 0.5) is 0 Å².